The van der Waals surface area contributed by atoms with Crippen LogP contribution in [0.2, 0.25) is 0 Å². The molecule has 0 saturated carbocycles. The number of rotatable bonds is 7. The van der Waals surface area contributed by atoms with Gasteiger partial charge in [0.25, 0.3) is 0 Å². The van der Waals surface area contributed by atoms with Crippen LogP contribution in [0, 0.1) is 5.92 Å². The second-order valence-corrected chi connectivity index (χ2v) is 6.71. The Hall–Kier alpha value is 0.310. The highest BCUT2D eigenvalue weighted by molar-refractivity contribution is 8.00. The second kappa shape index (κ2) is 7.58. The monoisotopic (exact) mass is 217 g/mol. The molecule has 0 radical (unpaired) electrons. The molecule has 0 heterocycles. The van der Waals surface area contributed by atoms with Crippen molar-refractivity contribution in [3.63, 3.8) is 0 Å². The molecule has 86 valence electrons. The molecule has 0 aliphatic heterocycles. The molecule has 0 aliphatic carbocycles. The highest BCUT2D eigenvalue weighted by Crippen LogP contribution is 2.20. The lowest BCUT2D eigenvalue weighted by Crippen LogP contribution is -2.30. The molecular weight excluding hydrogens is 190 g/mol. The fraction of sp³-hybridized carbons (Fsp3) is 1.00. The van der Waals surface area contributed by atoms with E-state index in [1.165, 1.54) is 19.5 Å². The van der Waals surface area contributed by atoms with Crippen LogP contribution in [0.3, 0.4) is 0 Å². The third-order valence-electron chi connectivity index (χ3n) is 2.11. The predicted molar refractivity (Wildman–Crippen MR) is 69.1 cm³/mol. The summed E-state index contributed by atoms with van der Waals surface area (Å²) in [6, 6.07) is 0. The van der Waals surface area contributed by atoms with Crippen LogP contribution in [-0.2, 0) is 0 Å². The van der Waals surface area contributed by atoms with E-state index in [-0.39, 0.29) is 0 Å². The Morgan fingerprint density at radius 1 is 1.07 bits per heavy atom. The minimum atomic E-state index is 0.757. The quantitative estimate of drug-likeness (QED) is 0.642. The van der Waals surface area contributed by atoms with Crippen LogP contribution < -0.4 is 0 Å². The van der Waals surface area contributed by atoms with Gasteiger partial charge in [-0.3, -0.25) is 0 Å². The molecule has 0 N–H and O–H groups in total. The highest BCUT2D eigenvalue weighted by Gasteiger charge is 2.12. The van der Waals surface area contributed by atoms with Gasteiger partial charge < -0.3 is 4.90 Å². The van der Waals surface area contributed by atoms with Gasteiger partial charge in [0.15, 0.2) is 0 Å². The molecule has 2 heteroatoms. The Bertz CT molecular complexity index is 134. The van der Waals surface area contributed by atoms with Crippen LogP contribution in [0.4, 0.5) is 0 Å². The second-order valence-electron chi connectivity index (χ2n) is 4.83. The maximum atomic E-state index is 2.47. The van der Waals surface area contributed by atoms with Crippen LogP contribution in [0.15, 0.2) is 0 Å². The van der Waals surface area contributed by atoms with Gasteiger partial charge in [0.2, 0.25) is 0 Å². The van der Waals surface area contributed by atoms with E-state index in [1.54, 1.807) is 0 Å². The van der Waals surface area contributed by atoms with Crippen molar-refractivity contribution in [2.75, 3.05) is 20.1 Å². The predicted octanol–water partition coefficient (Wildman–Crippen LogP) is 3.49. The summed E-state index contributed by atoms with van der Waals surface area (Å²) in [5.41, 5.74) is 0. The fourth-order valence-electron chi connectivity index (χ4n) is 1.70. The summed E-state index contributed by atoms with van der Waals surface area (Å²) in [4.78, 5) is 2.47. The Morgan fingerprint density at radius 2 is 1.64 bits per heavy atom. The van der Waals surface area contributed by atoms with E-state index in [9.17, 15) is 0 Å². The molecule has 0 fully saturated rings. The molecule has 0 bridgehead atoms. The Kier molecular flexibility index (Phi) is 7.75. The van der Waals surface area contributed by atoms with Crippen LogP contribution in [-0.4, -0.2) is 35.5 Å². The molecule has 0 amide bonds. The zero-order valence-electron chi connectivity index (χ0n) is 10.7. The first-order valence-electron chi connectivity index (χ1n) is 5.79. The number of thioether (sulfide) groups is 1. The zero-order valence-corrected chi connectivity index (χ0v) is 11.5. The first-order chi connectivity index (χ1) is 6.45. The molecule has 0 spiro atoms. The SMILES string of the molecule is CCC(CN(C)CC(C)C)SC(C)C. The smallest absolute Gasteiger partial charge is 0.0174 e. The first kappa shape index (κ1) is 14.3. The standard InChI is InChI=1S/C12H27NS/c1-7-12(14-11(4)5)9-13(6)8-10(2)3/h10-12H,7-9H2,1-6H3. The van der Waals surface area contributed by atoms with Crippen molar-refractivity contribution in [1.82, 2.24) is 4.90 Å². The van der Waals surface area contributed by atoms with Crippen molar-refractivity contribution in [2.24, 2.45) is 5.92 Å². The van der Waals surface area contributed by atoms with Crippen molar-refractivity contribution in [3.8, 4) is 0 Å². The third kappa shape index (κ3) is 7.69. The normalized spacial score (nSPS) is 14.4. The molecule has 1 atom stereocenters. The average Bonchev–Trinajstić information content (AvgIpc) is 2.00. The van der Waals surface area contributed by atoms with E-state index in [2.05, 4.69) is 58.3 Å². The fourth-order valence-corrected chi connectivity index (χ4v) is 3.00. The molecule has 0 aromatic heterocycles. The summed E-state index contributed by atoms with van der Waals surface area (Å²) in [6.07, 6.45) is 1.28. The van der Waals surface area contributed by atoms with E-state index in [0.29, 0.717) is 0 Å². The van der Waals surface area contributed by atoms with E-state index in [0.717, 1.165) is 16.4 Å². The van der Waals surface area contributed by atoms with Gasteiger partial charge in [0, 0.05) is 18.3 Å². The Balaban J connectivity index is 3.79. The summed E-state index contributed by atoms with van der Waals surface area (Å²) in [6.45, 7) is 13.9. The molecule has 0 aromatic rings. The van der Waals surface area contributed by atoms with Crippen molar-refractivity contribution >= 4 is 11.8 Å². The molecule has 0 aliphatic rings. The topological polar surface area (TPSA) is 3.24 Å². The minimum absolute atomic E-state index is 0.757. The van der Waals surface area contributed by atoms with Gasteiger partial charge in [0.05, 0.1) is 0 Å². The van der Waals surface area contributed by atoms with Gasteiger partial charge >= 0.3 is 0 Å². The van der Waals surface area contributed by atoms with Crippen molar-refractivity contribution in [1.29, 1.82) is 0 Å². The Labute approximate surface area is 94.6 Å². The van der Waals surface area contributed by atoms with Gasteiger partial charge in [-0.05, 0) is 24.6 Å². The average molecular weight is 217 g/mol. The molecule has 0 rings (SSSR count). The van der Waals surface area contributed by atoms with Gasteiger partial charge in [-0.1, -0.05) is 34.6 Å². The molecule has 1 unspecified atom stereocenters. The maximum Gasteiger partial charge on any atom is 0.0174 e. The largest absolute Gasteiger partial charge is 0.305 e. The maximum absolute atomic E-state index is 2.47. The molecular formula is C12H27NS. The molecule has 14 heavy (non-hydrogen) atoms. The van der Waals surface area contributed by atoms with E-state index >= 15 is 0 Å². The lowest BCUT2D eigenvalue weighted by atomic mass is 10.2. The van der Waals surface area contributed by atoms with Gasteiger partial charge in [0.1, 0.15) is 0 Å². The van der Waals surface area contributed by atoms with Crippen LogP contribution >= 0.6 is 11.8 Å². The first-order valence-corrected chi connectivity index (χ1v) is 6.74. The number of hydrogen-bond acceptors (Lipinski definition) is 2. The summed E-state index contributed by atoms with van der Waals surface area (Å²) in [5, 5.41) is 1.56. The summed E-state index contributed by atoms with van der Waals surface area (Å²) < 4.78 is 0. The van der Waals surface area contributed by atoms with Gasteiger partial charge in [-0.2, -0.15) is 11.8 Å². The van der Waals surface area contributed by atoms with E-state index in [1.807, 2.05) is 0 Å². The zero-order chi connectivity index (χ0) is 11.1. The molecule has 0 saturated heterocycles. The van der Waals surface area contributed by atoms with Gasteiger partial charge in [-0.15, -0.1) is 0 Å². The summed E-state index contributed by atoms with van der Waals surface area (Å²) in [5.74, 6) is 0.779. The number of hydrogen-bond donors (Lipinski definition) is 0. The Morgan fingerprint density at radius 3 is 2.00 bits per heavy atom. The van der Waals surface area contributed by atoms with E-state index < -0.39 is 0 Å². The minimum Gasteiger partial charge on any atom is -0.305 e. The molecule has 0 aromatic carbocycles. The van der Waals surface area contributed by atoms with Crippen molar-refractivity contribution < 1.29 is 0 Å². The summed E-state index contributed by atoms with van der Waals surface area (Å²) in [7, 11) is 2.24. The van der Waals surface area contributed by atoms with Crippen LogP contribution in [0.5, 0.6) is 0 Å². The van der Waals surface area contributed by atoms with E-state index in [4.69, 9.17) is 0 Å². The van der Waals surface area contributed by atoms with Crippen molar-refractivity contribution in [3.05, 3.63) is 0 Å². The summed E-state index contributed by atoms with van der Waals surface area (Å²) >= 11 is 2.11. The molecule has 1 nitrogen and oxygen atoms in total. The third-order valence-corrected chi connectivity index (χ3v) is 3.52. The number of nitrogens with zero attached hydrogens (tertiary/aromatic N) is 1. The highest BCUT2D eigenvalue weighted by atomic mass is 32.2. The lowest BCUT2D eigenvalue weighted by molar-refractivity contribution is 0.295. The van der Waals surface area contributed by atoms with Crippen LogP contribution in [0.1, 0.15) is 41.0 Å². The van der Waals surface area contributed by atoms with Crippen molar-refractivity contribution in [2.45, 2.75) is 51.5 Å². The van der Waals surface area contributed by atoms with Crippen LogP contribution in [0.25, 0.3) is 0 Å². The lowest BCUT2D eigenvalue weighted by Gasteiger charge is -2.25. The van der Waals surface area contributed by atoms with Gasteiger partial charge in [-0.25, -0.2) is 0 Å².